The molecule has 27 heavy (non-hydrogen) atoms. The molecule has 0 aliphatic carbocycles. The Bertz CT molecular complexity index is 1030. The zero-order valence-electron chi connectivity index (χ0n) is 14.6. The number of aromatic nitrogens is 1. The number of hydrogen-bond donors (Lipinski definition) is 1. The summed E-state index contributed by atoms with van der Waals surface area (Å²) in [6.07, 6.45) is 1.55. The molecule has 2 aromatic carbocycles. The second-order valence-electron chi connectivity index (χ2n) is 5.96. The molecule has 0 aliphatic rings. The largest absolute Gasteiger partial charge is 0.316 e. The molecule has 138 valence electrons. The topological polar surface area (TPSA) is 46.4 Å². The molecule has 1 N–H and O–H groups in total. The van der Waals surface area contributed by atoms with Crippen LogP contribution in [0.5, 0.6) is 0 Å². The zero-order chi connectivity index (χ0) is 19.6. The van der Waals surface area contributed by atoms with Gasteiger partial charge in [0.1, 0.15) is 5.82 Å². The van der Waals surface area contributed by atoms with Crippen molar-refractivity contribution < 1.29 is 9.18 Å². The highest BCUT2D eigenvalue weighted by molar-refractivity contribution is 6.34. The summed E-state index contributed by atoms with van der Waals surface area (Å²) in [6.45, 7) is 3.87. The van der Waals surface area contributed by atoms with Gasteiger partial charge in [-0.2, -0.15) is 5.10 Å². The average Bonchev–Trinajstić information content (AvgIpc) is 2.91. The minimum absolute atomic E-state index is 0.324. The molecule has 1 amide bonds. The van der Waals surface area contributed by atoms with Crippen LogP contribution in [0.15, 0.2) is 53.6 Å². The summed E-state index contributed by atoms with van der Waals surface area (Å²) >= 11 is 12.4. The van der Waals surface area contributed by atoms with Crippen molar-refractivity contribution in [1.82, 2.24) is 9.99 Å². The van der Waals surface area contributed by atoms with Gasteiger partial charge < -0.3 is 4.57 Å². The molecule has 3 aromatic rings. The predicted octanol–water partition coefficient (Wildman–Crippen LogP) is 5.30. The first-order valence-corrected chi connectivity index (χ1v) is 8.86. The third-order valence-electron chi connectivity index (χ3n) is 4.10. The van der Waals surface area contributed by atoms with Crippen LogP contribution in [0.2, 0.25) is 10.0 Å². The number of hydrogen-bond acceptors (Lipinski definition) is 2. The van der Waals surface area contributed by atoms with Gasteiger partial charge in [0.25, 0.3) is 5.91 Å². The van der Waals surface area contributed by atoms with E-state index in [1.54, 1.807) is 24.4 Å². The van der Waals surface area contributed by atoms with E-state index in [9.17, 15) is 9.18 Å². The van der Waals surface area contributed by atoms with Crippen molar-refractivity contribution in [1.29, 1.82) is 0 Å². The maximum absolute atomic E-state index is 12.9. The monoisotopic (exact) mass is 403 g/mol. The molecule has 0 unspecified atom stereocenters. The smallest absolute Gasteiger partial charge is 0.271 e. The van der Waals surface area contributed by atoms with Gasteiger partial charge in [0, 0.05) is 27.5 Å². The van der Waals surface area contributed by atoms with Crippen LogP contribution in [0.4, 0.5) is 4.39 Å². The highest BCUT2D eigenvalue weighted by Crippen LogP contribution is 2.28. The molecule has 0 bridgehead atoms. The number of nitrogens with zero attached hydrogens (tertiary/aromatic N) is 2. The van der Waals surface area contributed by atoms with Gasteiger partial charge >= 0.3 is 0 Å². The summed E-state index contributed by atoms with van der Waals surface area (Å²) < 4.78 is 14.9. The van der Waals surface area contributed by atoms with E-state index in [0.29, 0.717) is 15.6 Å². The summed E-state index contributed by atoms with van der Waals surface area (Å²) in [5, 5.41) is 5.16. The van der Waals surface area contributed by atoms with E-state index in [2.05, 4.69) is 10.5 Å². The van der Waals surface area contributed by atoms with Crippen LogP contribution in [0.25, 0.3) is 5.69 Å². The normalized spacial score (nSPS) is 11.1. The highest BCUT2D eigenvalue weighted by atomic mass is 35.5. The Hall–Kier alpha value is -2.63. The third-order valence-corrected chi connectivity index (χ3v) is 4.65. The van der Waals surface area contributed by atoms with Crippen LogP contribution < -0.4 is 5.43 Å². The number of benzene rings is 2. The zero-order valence-corrected chi connectivity index (χ0v) is 16.1. The first-order chi connectivity index (χ1) is 12.9. The van der Waals surface area contributed by atoms with E-state index in [0.717, 1.165) is 22.6 Å². The predicted molar refractivity (Wildman–Crippen MR) is 107 cm³/mol. The minimum atomic E-state index is -0.419. The lowest BCUT2D eigenvalue weighted by atomic mass is 10.2. The van der Waals surface area contributed by atoms with E-state index in [1.807, 2.05) is 24.5 Å². The summed E-state index contributed by atoms with van der Waals surface area (Å²) in [5.41, 5.74) is 6.20. The maximum Gasteiger partial charge on any atom is 0.271 e. The van der Waals surface area contributed by atoms with E-state index in [1.165, 1.54) is 24.3 Å². The summed E-state index contributed by atoms with van der Waals surface area (Å²) in [5.74, 6) is -0.819. The van der Waals surface area contributed by atoms with Crippen LogP contribution >= 0.6 is 23.2 Å². The lowest BCUT2D eigenvalue weighted by Crippen LogP contribution is -2.17. The van der Waals surface area contributed by atoms with Crippen molar-refractivity contribution in [2.24, 2.45) is 5.10 Å². The van der Waals surface area contributed by atoms with Gasteiger partial charge in [-0.25, -0.2) is 9.82 Å². The number of nitrogens with one attached hydrogen (secondary N) is 1. The van der Waals surface area contributed by atoms with E-state index >= 15 is 0 Å². The molecule has 0 aliphatic heterocycles. The van der Waals surface area contributed by atoms with Crippen LogP contribution in [0.3, 0.4) is 0 Å². The third kappa shape index (κ3) is 4.21. The Labute approximate surface area is 166 Å². The fourth-order valence-corrected chi connectivity index (χ4v) is 3.14. The van der Waals surface area contributed by atoms with E-state index in [-0.39, 0.29) is 0 Å². The quantitative estimate of drug-likeness (QED) is 0.465. The first kappa shape index (κ1) is 19.1. The molecular weight excluding hydrogens is 388 g/mol. The number of amides is 1. The molecule has 7 heteroatoms. The molecule has 1 aromatic heterocycles. The molecule has 0 atom stereocenters. The number of halogens is 3. The molecule has 1 heterocycles. The lowest BCUT2D eigenvalue weighted by molar-refractivity contribution is 0.0955. The second-order valence-corrected chi connectivity index (χ2v) is 6.81. The van der Waals surface area contributed by atoms with Crippen LogP contribution in [-0.4, -0.2) is 16.7 Å². The van der Waals surface area contributed by atoms with Crippen molar-refractivity contribution in [3.05, 3.63) is 86.9 Å². The van der Waals surface area contributed by atoms with Gasteiger partial charge in [0.05, 0.1) is 16.9 Å². The molecule has 0 radical (unpaired) electrons. The number of hydrazone groups is 1. The Balaban J connectivity index is 1.82. The molecule has 0 saturated carbocycles. The van der Waals surface area contributed by atoms with E-state index in [4.69, 9.17) is 23.2 Å². The van der Waals surface area contributed by atoms with Crippen LogP contribution in [0, 0.1) is 19.7 Å². The SMILES string of the molecule is Cc1cc(/C=N\NC(=O)c2ccc(F)cc2)c(C)n1-c1cc(Cl)ccc1Cl. The van der Waals surface area contributed by atoms with Gasteiger partial charge in [-0.15, -0.1) is 0 Å². The Morgan fingerprint density at radius 2 is 1.81 bits per heavy atom. The van der Waals surface area contributed by atoms with Crippen molar-refractivity contribution in [3.8, 4) is 5.69 Å². The Morgan fingerprint density at radius 1 is 1.11 bits per heavy atom. The van der Waals surface area contributed by atoms with Gasteiger partial charge in [0.2, 0.25) is 0 Å². The minimum Gasteiger partial charge on any atom is -0.316 e. The van der Waals surface area contributed by atoms with Crippen LogP contribution in [0.1, 0.15) is 27.3 Å². The maximum atomic E-state index is 12.9. The second kappa shape index (κ2) is 7.94. The fourth-order valence-electron chi connectivity index (χ4n) is 2.77. The summed E-state index contributed by atoms with van der Waals surface area (Å²) in [7, 11) is 0. The molecule has 4 nitrogen and oxygen atoms in total. The van der Waals surface area contributed by atoms with Crippen molar-refractivity contribution in [2.75, 3.05) is 0 Å². The van der Waals surface area contributed by atoms with Gasteiger partial charge in [-0.3, -0.25) is 4.79 Å². The van der Waals surface area contributed by atoms with E-state index < -0.39 is 11.7 Å². The van der Waals surface area contributed by atoms with Gasteiger partial charge in [0.15, 0.2) is 0 Å². The summed E-state index contributed by atoms with van der Waals surface area (Å²) in [4.78, 5) is 12.0. The Kier molecular flexibility index (Phi) is 5.63. The lowest BCUT2D eigenvalue weighted by Gasteiger charge is -2.12. The molecular formula is C20H16Cl2FN3O. The van der Waals surface area contributed by atoms with Crippen molar-refractivity contribution in [2.45, 2.75) is 13.8 Å². The first-order valence-electron chi connectivity index (χ1n) is 8.10. The standard InChI is InChI=1S/C20H16Cl2FN3O/c1-12-9-15(11-24-25-20(27)14-3-6-17(23)7-4-14)13(2)26(12)19-10-16(21)5-8-18(19)22/h3-11H,1-2H3,(H,25,27)/b24-11-. The van der Waals surface area contributed by atoms with Gasteiger partial charge in [-0.1, -0.05) is 23.2 Å². The molecule has 0 saturated heterocycles. The average molecular weight is 404 g/mol. The van der Waals surface area contributed by atoms with Crippen molar-refractivity contribution in [3.63, 3.8) is 0 Å². The fraction of sp³-hybridized carbons (Fsp3) is 0.100. The number of rotatable bonds is 4. The molecule has 0 fully saturated rings. The Morgan fingerprint density at radius 3 is 2.52 bits per heavy atom. The number of aryl methyl sites for hydroxylation is 1. The molecule has 0 spiro atoms. The number of carbonyl (C=O) groups is 1. The van der Waals surface area contributed by atoms with Gasteiger partial charge in [-0.05, 0) is 62.4 Å². The van der Waals surface area contributed by atoms with Crippen LogP contribution in [-0.2, 0) is 0 Å². The van der Waals surface area contributed by atoms with Crippen molar-refractivity contribution >= 4 is 35.3 Å². The number of carbonyl (C=O) groups excluding carboxylic acids is 1. The highest BCUT2D eigenvalue weighted by Gasteiger charge is 2.13. The summed E-state index contributed by atoms with van der Waals surface area (Å²) in [6, 6.07) is 12.4. The molecule has 3 rings (SSSR count).